The predicted octanol–water partition coefficient (Wildman–Crippen LogP) is 2.20. The van der Waals surface area contributed by atoms with Gasteiger partial charge in [-0.2, -0.15) is 0 Å². The molecule has 1 aromatic carbocycles. The van der Waals surface area contributed by atoms with Crippen molar-refractivity contribution in [1.82, 2.24) is 5.32 Å². The van der Waals surface area contributed by atoms with Crippen molar-refractivity contribution >= 4 is 11.6 Å². The maximum atomic E-state index is 12.1. The molecule has 4 heteroatoms. The highest BCUT2D eigenvalue weighted by molar-refractivity contribution is 5.92. The summed E-state index contributed by atoms with van der Waals surface area (Å²) in [6.07, 6.45) is 2.90. The Morgan fingerprint density at radius 3 is 3.05 bits per heavy atom. The van der Waals surface area contributed by atoms with E-state index in [0.29, 0.717) is 6.54 Å². The zero-order valence-corrected chi connectivity index (χ0v) is 11.7. The second kappa shape index (κ2) is 6.57. The van der Waals surface area contributed by atoms with Crippen LogP contribution < -0.4 is 15.4 Å². The van der Waals surface area contributed by atoms with Gasteiger partial charge in [0.1, 0.15) is 5.75 Å². The lowest BCUT2D eigenvalue weighted by atomic mass is 10.0. The summed E-state index contributed by atoms with van der Waals surface area (Å²) in [5.41, 5.74) is 2.05. The van der Waals surface area contributed by atoms with Gasteiger partial charge in [0.05, 0.1) is 12.5 Å². The van der Waals surface area contributed by atoms with Crippen LogP contribution in [0.1, 0.15) is 25.3 Å². The summed E-state index contributed by atoms with van der Waals surface area (Å²) in [7, 11) is 1.87. The van der Waals surface area contributed by atoms with Crippen LogP contribution in [0, 0.1) is 5.92 Å². The summed E-state index contributed by atoms with van der Waals surface area (Å²) < 4.78 is 5.57. The van der Waals surface area contributed by atoms with E-state index >= 15 is 0 Å². The average Bonchev–Trinajstić information content (AvgIpc) is 2.44. The maximum Gasteiger partial charge on any atom is 0.228 e. The number of carbonyl (C=O) groups excluding carboxylic acids is 1. The molecule has 0 radical (unpaired) electrons. The minimum atomic E-state index is 0.0114. The highest BCUT2D eigenvalue weighted by atomic mass is 16.5. The molecule has 1 heterocycles. The Bertz CT molecular complexity index is 446. The highest BCUT2D eigenvalue weighted by Gasteiger charge is 2.17. The second-order valence-corrected chi connectivity index (χ2v) is 4.93. The normalized spacial score (nSPS) is 15.3. The van der Waals surface area contributed by atoms with Crippen LogP contribution >= 0.6 is 0 Å². The molecule has 2 rings (SSSR count). The smallest absolute Gasteiger partial charge is 0.228 e. The number of carbonyl (C=O) groups is 1. The fourth-order valence-corrected chi connectivity index (χ4v) is 2.35. The Balaban J connectivity index is 2.04. The molecule has 1 aliphatic heterocycles. The molecule has 1 aliphatic rings. The molecule has 0 saturated heterocycles. The van der Waals surface area contributed by atoms with Crippen molar-refractivity contribution in [1.29, 1.82) is 0 Å². The molecule has 1 atom stereocenters. The molecular weight excluding hydrogens is 240 g/mol. The molecule has 1 aromatic rings. The van der Waals surface area contributed by atoms with Gasteiger partial charge in [0, 0.05) is 12.2 Å². The van der Waals surface area contributed by atoms with E-state index in [9.17, 15) is 4.79 Å². The molecule has 0 saturated carbocycles. The number of rotatable bonds is 5. The highest BCUT2D eigenvalue weighted by Crippen LogP contribution is 2.27. The number of aryl methyl sites for hydroxylation is 1. The standard InChI is InChI=1S/C15H22N2O2/c1-3-11(10-16-2)15(18)17-13-6-7-14-12(9-13)5-4-8-19-14/h6-7,9,11,16H,3-5,8,10H2,1-2H3,(H,17,18). The third kappa shape index (κ3) is 3.47. The van der Waals surface area contributed by atoms with E-state index < -0.39 is 0 Å². The minimum absolute atomic E-state index is 0.0114. The third-order valence-corrected chi connectivity index (χ3v) is 3.49. The number of hydrogen-bond donors (Lipinski definition) is 2. The van der Waals surface area contributed by atoms with E-state index in [2.05, 4.69) is 10.6 Å². The van der Waals surface area contributed by atoms with Gasteiger partial charge in [-0.3, -0.25) is 4.79 Å². The molecule has 19 heavy (non-hydrogen) atoms. The quantitative estimate of drug-likeness (QED) is 0.855. The molecule has 0 aromatic heterocycles. The first kappa shape index (κ1) is 13.9. The van der Waals surface area contributed by atoms with Crippen LogP contribution in [-0.2, 0) is 11.2 Å². The van der Waals surface area contributed by atoms with E-state index in [4.69, 9.17) is 4.74 Å². The van der Waals surface area contributed by atoms with Crippen LogP contribution in [0.3, 0.4) is 0 Å². The SMILES string of the molecule is CCC(CNC)C(=O)Nc1ccc2c(c1)CCCO2. The first-order valence-corrected chi connectivity index (χ1v) is 6.95. The van der Waals surface area contributed by atoms with Gasteiger partial charge in [0.15, 0.2) is 0 Å². The fraction of sp³-hybridized carbons (Fsp3) is 0.533. The monoisotopic (exact) mass is 262 g/mol. The van der Waals surface area contributed by atoms with Gasteiger partial charge < -0.3 is 15.4 Å². The van der Waals surface area contributed by atoms with Gasteiger partial charge in [-0.15, -0.1) is 0 Å². The van der Waals surface area contributed by atoms with Crippen molar-refractivity contribution in [3.8, 4) is 5.75 Å². The molecule has 0 fully saturated rings. The summed E-state index contributed by atoms with van der Waals surface area (Å²) in [6, 6.07) is 5.88. The lowest BCUT2D eigenvalue weighted by molar-refractivity contribution is -0.119. The number of anilines is 1. The van der Waals surface area contributed by atoms with Gasteiger partial charge in [0.2, 0.25) is 5.91 Å². The summed E-state index contributed by atoms with van der Waals surface area (Å²) >= 11 is 0. The first-order chi connectivity index (χ1) is 9.24. The number of amides is 1. The molecule has 1 unspecified atom stereocenters. The number of benzene rings is 1. The van der Waals surface area contributed by atoms with Gasteiger partial charge >= 0.3 is 0 Å². The predicted molar refractivity (Wildman–Crippen MR) is 76.6 cm³/mol. The van der Waals surface area contributed by atoms with E-state index in [1.165, 1.54) is 5.56 Å². The molecule has 0 spiro atoms. The topological polar surface area (TPSA) is 50.4 Å². The van der Waals surface area contributed by atoms with Crippen LogP contribution in [0.15, 0.2) is 18.2 Å². The number of ether oxygens (including phenoxy) is 1. The summed E-state index contributed by atoms with van der Waals surface area (Å²) in [6.45, 7) is 3.53. The fourth-order valence-electron chi connectivity index (χ4n) is 2.35. The Hall–Kier alpha value is -1.55. The Kier molecular flexibility index (Phi) is 4.80. The van der Waals surface area contributed by atoms with Crippen LogP contribution in [0.25, 0.3) is 0 Å². The van der Waals surface area contributed by atoms with Gasteiger partial charge in [0.25, 0.3) is 0 Å². The summed E-state index contributed by atoms with van der Waals surface area (Å²) in [5.74, 6) is 1.04. The van der Waals surface area contributed by atoms with Gasteiger partial charge in [-0.05, 0) is 50.1 Å². The lowest BCUT2D eigenvalue weighted by Gasteiger charge is -2.19. The van der Waals surface area contributed by atoms with Crippen LogP contribution in [-0.4, -0.2) is 26.1 Å². The number of hydrogen-bond acceptors (Lipinski definition) is 3. The Morgan fingerprint density at radius 1 is 1.47 bits per heavy atom. The van der Waals surface area contributed by atoms with Gasteiger partial charge in [-0.25, -0.2) is 0 Å². The van der Waals surface area contributed by atoms with Crippen molar-refractivity contribution in [3.05, 3.63) is 23.8 Å². The van der Waals surface area contributed by atoms with Crippen molar-refractivity contribution in [2.75, 3.05) is 25.5 Å². The third-order valence-electron chi connectivity index (χ3n) is 3.49. The number of nitrogens with one attached hydrogen (secondary N) is 2. The molecule has 2 N–H and O–H groups in total. The van der Waals surface area contributed by atoms with Crippen LogP contribution in [0.4, 0.5) is 5.69 Å². The van der Waals surface area contributed by atoms with Crippen molar-refractivity contribution in [3.63, 3.8) is 0 Å². The average molecular weight is 262 g/mol. The van der Waals surface area contributed by atoms with E-state index in [-0.39, 0.29) is 11.8 Å². The van der Waals surface area contributed by atoms with E-state index in [0.717, 1.165) is 37.3 Å². The van der Waals surface area contributed by atoms with E-state index in [1.807, 2.05) is 32.2 Å². The zero-order chi connectivity index (χ0) is 13.7. The molecule has 0 bridgehead atoms. The second-order valence-electron chi connectivity index (χ2n) is 4.93. The number of fused-ring (bicyclic) bond motifs is 1. The molecule has 4 nitrogen and oxygen atoms in total. The lowest BCUT2D eigenvalue weighted by Crippen LogP contribution is -2.30. The summed E-state index contributed by atoms with van der Waals surface area (Å²) in [5, 5.41) is 6.05. The Labute approximate surface area is 114 Å². The Morgan fingerprint density at radius 2 is 2.32 bits per heavy atom. The van der Waals surface area contributed by atoms with Gasteiger partial charge in [-0.1, -0.05) is 6.92 Å². The maximum absolute atomic E-state index is 12.1. The van der Waals surface area contributed by atoms with Crippen molar-refractivity contribution in [2.24, 2.45) is 5.92 Å². The molecule has 104 valence electrons. The minimum Gasteiger partial charge on any atom is -0.493 e. The molecular formula is C15H22N2O2. The first-order valence-electron chi connectivity index (χ1n) is 6.95. The summed E-state index contributed by atoms with van der Waals surface area (Å²) in [4.78, 5) is 12.1. The van der Waals surface area contributed by atoms with Crippen molar-refractivity contribution in [2.45, 2.75) is 26.2 Å². The van der Waals surface area contributed by atoms with Crippen molar-refractivity contribution < 1.29 is 9.53 Å². The van der Waals surface area contributed by atoms with E-state index in [1.54, 1.807) is 0 Å². The zero-order valence-electron chi connectivity index (χ0n) is 11.7. The largest absolute Gasteiger partial charge is 0.493 e. The molecule has 1 amide bonds. The van der Waals surface area contributed by atoms with Crippen LogP contribution in [0.2, 0.25) is 0 Å². The van der Waals surface area contributed by atoms with Crippen LogP contribution in [0.5, 0.6) is 5.75 Å². The molecule has 0 aliphatic carbocycles.